The number of nitrogens with zero attached hydrogens (tertiary/aromatic N) is 2. The van der Waals surface area contributed by atoms with E-state index in [4.69, 9.17) is 5.73 Å². The molecule has 1 aromatic carbocycles. The zero-order valence-corrected chi connectivity index (χ0v) is 13.0. The highest BCUT2D eigenvalue weighted by Crippen LogP contribution is 2.38. The SMILES string of the molecule is CC(N)c1cccc(F)c1N(C)CC1(N(C)C)CCC1. The van der Waals surface area contributed by atoms with E-state index in [9.17, 15) is 4.39 Å². The Labute approximate surface area is 121 Å². The van der Waals surface area contributed by atoms with Gasteiger partial charge in [-0.25, -0.2) is 4.39 Å². The average Bonchev–Trinajstić information content (AvgIpc) is 2.32. The minimum Gasteiger partial charge on any atom is -0.370 e. The molecule has 0 heterocycles. The van der Waals surface area contributed by atoms with E-state index in [1.54, 1.807) is 6.07 Å². The monoisotopic (exact) mass is 279 g/mol. The largest absolute Gasteiger partial charge is 0.370 e. The molecule has 1 atom stereocenters. The van der Waals surface area contributed by atoms with Crippen molar-refractivity contribution in [1.82, 2.24) is 4.90 Å². The molecule has 1 unspecified atom stereocenters. The first-order chi connectivity index (χ1) is 9.37. The van der Waals surface area contributed by atoms with E-state index in [2.05, 4.69) is 19.0 Å². The van der Waals surface area contributed by atoms with Crippen molar-refractivity contribution in [2.45, 2.75) is 37.8 Å². The normalized spacial score (nSPS) is 18.8. The maximum absolute atomic E-state index is 14.2. The summed E-state index contributed by atoms with van der Waals surface area (Å²) in [5, 5.41) is 0. The molecule has 3 nitrogen and oxygen atoms in total. The summed E-state index contributed by atoms with van der Waals surface area (Å²) in [5.41, 5.74) is 7.68. The minimum atomic E-state index is -0.185. The molecular formula is C16H26FN3. The highest BCUT2D eigenvalue weighted by Gasteiger charge is 2.40. The molecule has 0 aromatic heterocycles. The Morgan fingerprint density at radius 2 is 1.95 bits per heavy atom. The molecule has 112 valence electrons. The number of benzene rings is 1. The zero-order valence-electron chi connectivity index (χ0n) is 13.0. The number of nitrogens with two attached hydrogens (primary N) is 1. The standard InChI is InChI=1S/C16H26FN3/c1-12(18)13-7-5-8-14(17)15(13)20(4)11-16(19(2)3)9-6-10-16/h5,7-8,12H,6,9-11,18H2,1-4H3. The van der Waals surface area contributed by atoms with Crippen LogP contribution >= 0.6 is 0 Å². The Morgan fingerprint density at radius 1 is 1.30 bits per heavy atom. The number of halogens is 1. The van der Waals surface area contributed by atoms with E-state index in [1.807, 2.05) is 24.9 Å². The quantitative estimate of drug-likeness (QED) is 0.899. The van der Waals surface area contributed by atoms with Crippen LogP contribution in [0, 0.1) is 5.82 Å². The molecule has 0 bridgehead atoms. The maximum atomic E-state index is 14.2. The second-order valence-electron chi connectivity index (χ2n) is 6.29. The van der Waals surface area contributed by atoms with Crippen LogP contribution in [0.25, 0.3) is 0 Å². The Hall–Kier alpha value is -1.13. The molecule has 1 aliphatic carbocycles. The molecule has 0 saturated heterocycles. The molecular weight excluding hydrogens is 253 g/mol. The third-order valence-electron chi connectivity index (χ3n) is 4.65. The van der Waals surface area contributed by atoms with Gasteiger partial charge >= 0.3 is 0 Å². The number of hydrogen-bond donors (Lipinski definition) is 1. The second kappa shape index (κ2) is 5.70. The van der Waals surface area contributed by atoms with Gasteiger partial charge in [-0.2, -0.15) is 0 Å². The molecule has 4 heteroatoms. The molecule has 1 aliphatic rings. The van der Waals surface area contributed by atoms with Crippen molar-refractivity contribution in [1.29, 1.82) is 0 Å². The Kier molecular flexibility index (Phi) is 4.35. The topological polar surface area (TPSA) is 32.5 Å². The lowest BCUT2D eigenvalue weighted by Gasteiger charge is -2.49. The highest BCUT2D eigenvalue weighted by molar-refractivity contribution is 5.56. The molecule has 0 aliphatic heterocycles. The van der Waals surface area contributed by atoms with E-state index < -0.39 is 0 Å². The van der Waals surface area contributed by atoms with Crippen LogP contribution in [-0.4, -0.2) is 38.1 Å². The van der Waals surface area contributed by atoms with E-state index in [1.165, 1.54) is 25.3 Å². The first-order valence-electron chi connectivity index (χ1n) is 7.30. The van der Waals surface area contributed by atoms with Gasteiger partial charge in [0.15, 0.2) is 0 Å². The second-order valence-corrected chi connectivity index (χ2v) is 6.29. The minimum absolute atomic E-state index is 0.167. The van der Waals surface area contributed by atoms with Gasteiger partial charge in [0.25, 0.3) is 0 Å². The smallest absolute Gasteiger partial charge is 0.146 e. The van der Waals surface area contributed by atoms with Crippen molar-refractivity contribution >= 4 is 5.69 Å². The Balaban J connectivity index is 2.27. The molecule has 0 amide bonds. The maximum Gasteiger partial charge on any atom is 0.146 e. The predicted molar refractivity (Wildman–Crippen MR) is 82.5 cm³/mol. The Bertz CT molecular complexity index is 467. The summed E-state index contributed by atoms with van der Waals surface area (Å²) >= 11 is 0. The Morgan fingerprint density at radius 3 is 2.40 bits per heavy atom. The lowest BCUT2D eigenvalue weighted by molar-refractivity contribution is 0.0681. The summed E-state index contributed by atoms with van der Waals surface area (Å²) in [4.78, 5) is 4.31. The molecule has 1 fully saturated rings. The molecule has 1 saturated carbocycles. The van der Waals surface area contributed by atoms with Crippen molar-refractivity contribution in [3.8, 4) is 0 Å². The van der Waals surface area contributed by atoms with Gasteiger partial charge in [0, 0.05) is 25.2 Å². The molecule has 2 rings (SSSR count). The van der Waals surface area contributed by atoms with Gasteiger partial charge in [0.05, 0.1) is 5.69 Å². The number of anilines is 1. The van der Waals surface area contributed by atoms with Gasteiger partial charge in [-0.1, -0.05) is 12.1 Å². The lowest BCUT2D eigenvalue weighted by Crippen LogP contribution is -2.57. The fourth-order valence-electron chi connectivity index (χ4n) is 3.15. The van der Waals surface area contributed by atoms with Crippen molar-refractivity contribution in [2.75, 3.05) is 32.6 Å². The number of para-hydroxylation sites is 1. The highest BCUT2D eigenvalue weighted by atomic mass is 19.1. The third kappa shape index (κ3) is 2.67. The van der Waals surface area contributed by atoms with Crippen molar-refractivity contribution in [3.63, 3.8) is 0 Å². The van der Waals surface area contributed by atoms with E-state index >= 15 is 0 Å². The van der Waals surface area contributed by atoms with E-state index in [0.29, 0.717) is 5.69 Å². The number of hydrogen-bond acceptors (Lipinski definition) is 3. The van der Waals surface area contributed by atoms with Crippen LogP contribution in [0.2, 0.25) is 0 Å². The van der Waals surface area contributed by atoms with Gasteiger partial charge in [-0.3, -0.25) is 0 Å². The summed E-state index contributed by atoms with van der Waals surface area (Å²) in [5.74, 6) is -0.185. The zero-order chi connectivity index (χ0) is 14.9. The predicted octanol–water partition coefficient (Wildman–Crippen LogP) is 2.77. The average molecular weight is 279 g/mol. The van der Waals surface area contributed by atoms with Crippen molar-refractivity contribution < 1.29 is 4.39 Å². The van der Waals surface area contributed by atoms with Crippen LogP contribution in [-0.2, 0) is 0 Å². The summed E-state index contributed by atoms with van der Waals surface area (Å²) in [6.45, 7) is 2.73. The van der Waals surface area contributed by atoms with Crippen LogP contribution in [0.15, 0.2) is 18.2 Å². The number of rotatable bonds is 5. The lowest BCUT2D eigenvalue weighted by atomic mass is 9.75. The summed E-state index contributed by atoms with van der Waals surface area (Å²) in [6.07, 6.45) is 3.60. The first kappa shape index (κ1) is 15.3. The van der Waals surface area contributed by atoms with Crippen molar-refractivity contribution in [2.24, 2.45) is 5.73 Å². The van der Waals surface area contributed by atoms with Crippen LogP contribution in [0.5, 0.6) is 0 Å². The van der Waals surface area contributed by atoms with E-state index in [0.717, 1.165) is 12.1 Å². The van der Waals surface area contributed by atoms with Gasteiger partial charge in [0.2, 0.25) is 0 Å². The summed E-state index contributed by atoms with van der Waals surface area (Å²) < 4.78 is 14.2. The van der Waals surface area contributed by atoms with Crippen LogP contribution in [0.1, 0.15) is 37.8 Å². The summed E-state index contributed by atoms with van der Waals surface area (Å²) in [7, 11) is 6.19. The molecule has 2 N–H and O–H groups in total. The fourth-order valence-corrected chi connectivity index (χ4v) is 3.15. The van der Waals surface area contributed by atoms with Gasteiger partial charge < -0.3 is 15.5 Å². The molecule has 20 heavy (non-hydrogen) atoms. The molecule has 1 aromatic rings. The summed E-state index contributed by atoms with van der Waals surface area (Å²) in [6, 6.07) is 5.00. The van der Waals surface area contributed by atoms with Crippen molar-refractivity contribution in [3.05, 3.63) is 29.6 Å². The van der Waals surface area contributed by atoms with Gasteiger partial charge in [0.1, 0.15) is 5.82 Å². The van der Waals surface area contributed by atoms with Gasteiger partial charge in [-0.15, -0.1) is 0 Å². The van der Waals surface area contributed by atoms with Crippen LogP contribution in [0.4, 0.5) is 10.1 Å². The van der Waals surface area contributed by atoms with E-state index in [-0.39, 0.29) is 17.4 Å². The third-order valence-corrected chi connectivity index (χ3v) is 4.65. The molecule has 0 radical (unpaired) electrons. The van der Waals surface area contributed by atoms with Crippen LogP contribution < -0.4 is 10.6 Å². The van der Waals surface area contributed by atoms with Gasteiger partial charge in [-0.05, 0) is 51.9 Å². The first-order valence-corrected chi connectivity index (χ1v) is 7.30. The number of likely N-dealkylation sites (N-methyl/N-ethyl adjacent to an activating group) is 2. The fraction of sp³-hybridized carbons (Fsp3) is 0.625. The van der Waals surface area contributed by atoms with Crippen LogP contribution in [0.3, 0.4) is 0 Å². The molecule has 0 spiro atoms.